The molecule has 3 N–H and O–H groups in total. The van der Waals surface area contributed by atoms with Gasteiger partial charge in [-0.3, -0.25) is 14.5 Å². The largest absolute Gasteiger partial charge is 0.481 e. The van der Waals surface area contributed by atoms with Crippen LogP contribution in [0.25, 0.3) is 0 Å². The lowest BCUT2D eigenvalue weighted by molar-refractivity contribution is -0.137. The highest BCUT2D eigenvalue weighted by atomic mass is 16.4. The topological polar surface area (TPSA) is 81.7 Å². The van der Waals surface area contributed by atoms with Gasteiger partial charge in [-0.1, -0.05) is 12.1 Å². The standard InChI is InChI=1S/C15H21N3O3/c19-14(11-18-9-7-16-8-10-18)17-13-4-1-12(2-5-13)3-6-15(20)21/h1-2,4-5,16H,3,6-11H2,(H,17,19)(H,20,21). The van der Waals surface area contributed by atoms with Crippen LogP contribution in [0.1, 0.15) is 12.0 Å². The summed E-state index contributed by atoms with van der Waals surface area (Å²) in [5.74, 6) is -0.821. The average molecular weight is 291 g/mol. The van der Waals surface area contributed by atoms with Crippen LogP contribution in [0.2, 0.25) is 0 Å². The first kappa shape index (κ1) is 15.5. The van der Waals surface area contributed by atoms with E-state index in [0.717, 1.165) is 37.4 Å². The van der Waals surface area contributed by atoms with Crippen molar-refractivity contribution in [1.29, 1.82) is 0 Å². The number of aryl methyl sites for hydroxylation is 1. The number of nitrogens with one attached hydrogen (secondary N) is 2. The molecule has 6 heteroatoms. The zero-order chi connectivity index (χ0) is 15.1. The number of anilines is 1. The van der Waals surface area contributed by atoms with Crippen molar-refractivity contribution in [1.82, 2.24) is 10.2 Å². The number of hydrogen-bond acceptors (Lipinski definition) is 4. The molecular formula is C15H21N3O3. The van der Waals surface area contributed by atoms with E-state index in [0.29, 0.717) is 13.0 Å². The summed E-state index contributed by atoms with van der Waals surface area (Å²) in [5, 5.41) is 14.8. The molecule has 0 unspecified atom stereocenters. The highest BCUT2D eigenvalue weighted by Gasteiger charge is 2.13. The molecule has 0 radical (unpaired) electrons. The molecule has 0 atom stereocenters. The van der Waals surface area contributed by atoms with Crippen LogP contribution in [-0.2, 0) is 16.0 Å². The molecule has 0 aromatic heterocycles. The highest BCUT2D eigenvalue weighted by Crippen LogP contribution is 2.11. The number of hydrogen-bond donors (Lipinski definition) is 3. The summed E-state index contributed by atoms with van der Waals surface area (Å²) in [5.41, 5.74) is 1.70. The highest BCUT2D eigenvalue weighted by molar-refractivity contribution is 5.92. The summed E-state index contributed by atoms with van der Waals surface area (Å²) < 4.78 is 0. The van der Waals surface area contributed by atoms with E-state index in [1.54, 1.807) is 0 Å². The minimum Gasteiger partial charge on any atom is -0.481 e. The van der Waals surface area contributed by atoms with Crippen molar-refractivity contribution in [3.8, 4) is 0 Å². The molecule has 1 fully saturated rings. The van der Waals surface area contributed by atoms with Gasteiger partial charge < -0.3 is 15.7 Å². The molecule has 0 bridgehead atoms. The predicted molar refractivity (Wildman–Crippen MR) is 80.3 cm³/mol. The van der Waals surface area contributed by atoms with Crippen molar-refractivity contribution in [3.63, 3.8) is 0 Å². The number of carbonyl (C=O) groups is 2. The van der Waals surface area contributed by atoms with Gasteiger partial charge in [-0.15, -0.1) is 0 Å². The molecule has 2 rings (SSSR count). The Morgan fingerprint density at radius 2 is 1.86 bits per heavy atom. The first-order valence-electron chi connectivity index (χ1n) is 7.17. The molecule has 114 valence electrons. The van der Waals surface area contributed by atoms with Crippen molar-refractivity contribution in [2.75, 3.05) is 38.0 Å². The van der Waals surface area contributed by atoms with Gasteiger partial charge in [0.1, 0.15) is 0 Å². The zero-order valence-corrected chi connectivity index (χ0v) is 12.0. The molecule has 0 aliphatic carbocycles. The predicted octanol–water partition coefficient (Wildman–Crippen LogP) is 0.547. The third kappa shape index (κ3) is 5.53. The number of aliphatic carboxylic acids is 1. The van der Waals surface area contributed by atoms with Crippen LogP contribution in [0.5, 0.6) is 0 Å². The number of rotatable bonds is 6. The second-order valence-corrected chi connectivity index (χ2v) is 5.16. The Balaban J connectivity index is 1.79. The molecule has 1 aromatic rings. The van der Waals surface area contributed by atoms with Gasteiger partial charge >= 0.3 is 5.97 Å². The lowest BCUT2D eigenvalue weighted by Gasteiger charge is -2.26. The van der Waals surface area contributed by atoms with Crippen LogP contribution in [0.15, 0.2) is 24.3 Å². The van der Waals surface area contributed by atoms with E-state index < -0.39 is 5.97 Å². The first-order valence-corrected chi connectivity index (χ1v) is 7.17. The number of carbonyl (C=O) groups excluding carboxylic acids is 1. The molecular weight excluding hydrogens is 270 g/mol. The Bertz CT molecular complexity index is 481. The Morgan fingerprint density at radius 1 is 1.19 bits per heavy atom. The summed E-state index contributed by atoms with van der Waals surface area (Å²) in [6.07, 6.45) is 0.624. The van der Waals surface area contributed by atoms with E-state index in [9.17, 15) is 9.59 Å². The molecule has 1 heterocycles. The van der Waals surface area contributed by atoms with Crippen LogP contribution < -0.4 is 10.6 Å². The van der Waals surface area contributed by atoms with Gasteiger partial charge in [0.25, 0.3) is 0 Å². The summed E-state index contributed by atoms with van der Waals surface area (Å²) in [6, 6.07) is 7.33. The molecule has 1 saturated heterocycles. The van der Waals surface area contributed by atoms with E-state index in [-0.39, 0.29) is 12.3 Å². The Kier molecular flexibility index (Phi) is 5.71. The second kappa shape index (κ2) is 7.75. The molecule has 1 aliphatic heterocycles. The number of carboxylic acids is 1. The average Bonchev–Trinajstić information content (AvgIpc) is 2.47. The summed E-state index contributed by atoms with van der Waals surface area (Å²) in [6.45, 7) is 4.03. The molecule has 6 nitrogen and oxygen atoms in total. The molecule has 1 amide bonds. The van der Waals surface area contributed by atoms with Gasteiger partial charge in [0, 0.05) is 38.3 Å². The van der Waals surface area contributed by atoms with Crippen LogP contribution in [-0.4, -0.2) is 54.6 Å². The van der Waals surface area contributed by atoms with E-state index >= 15 is 0 Å². The fourth-order valence-corrected chi connectivity index (χ4v) is 2.28. The zero-order valence-electron chi connectivity index (χ0n) is 12.0. The number of benzene rings is 1. The SMILES string of the molecule is O=C(O)CCc1ccc(NC(=O)CN2CCNCC2)cc1. The van der Waals surface area contributed by atoms with Crippen molar-refractivity contribution >= 4 is 17.6 Å². The molecule has 1 aliphatic rings. The summed E-state index contributed by atoms with van der Waals surface area (Å²) >= 11 is 0. The van der Waals surface area contributed by atoms with Crippen molar-refractivity contribution in [2.24, 2.45) is 0 Å². The van der Waals surface area contributed by atoms with Crippen molar-refractivity contribution in [2.45, 2.75) is 12.8 Å². The Morgan fingerprint density at radius 3 is 2.48 bits per heavy atom. The fraction of sp³-hybridized carbons (Fsp3) is 0.467. The molecule has 1 aromatic carbocycles. The number of carboxylic acid groups (broad SMARTS) is 1. The van der Waals surface area contributed by atoms with Crippen LogP contribution in [0, 0.1) is 0 Å². The third-order valence-electron chi connectivity index (χ3n) is 3.44. The fourth-order valence-electron chi connectivity index (χ4n) is 2.28. The lowest BCUT2D eigenvalue weighted by Crippen LogP contribution is -2.46. The molecule has 0 saturated carbocycles. The quantitative estimate of drug-likeness (QED) is 0.713. The van der Waals surface area contributed by atoms with Gasteiger partial charge in [-0.05, 0) is 24.1 Å². The maximum atomic E-state index is 11.9. The number of amides is 1. The van der Waals surface area contributed by atoms with Crippen LogP contribution in [0.4, 0.5) is 5.69 Å². The van der Waals surface area contributed by atoms with E-state index in [2.05, 4.69) is 15.5 Å². The maximum Gasteiger partial charge on any atom is 0.303 e. The first-order chi connectivity index (χ1) is 10.1. The number of piperazine rings is 1. The third-order valence-corrected chi connectivity index (χ3v) is 3.44. The Labute approximate surface area is 124 Å². The van der Waals surface area contributed by atoms with Crippen LogP contribution >= 0.6 is 0 Å². The van der Waals surface area contributed by atoms with E-state index in [1.807, 2.05) is 24.3 Å². The normalized spacial score (nSPS) is 15.6. The van der Waals surface area contributed by atoms with Crippen molar-refractivity contribution < 1.29 is 14.7 Å². The smallest absolute Gasteiger partial charge is 0.303 e. The second-order valence-electron chi connectivity index (χ2n) is 5.16. The van der Waals surface area contributed by atoms with Gasteiger partial charge in [-0.2, -0.15) is 0 Å². The molecule has 0 spiro atoms. The van der Waals surface area contributed by atoms with Crippen LogP contribution in [0.3, 0.4) is 0 Å². The minimum atomic E-state index is -0.802. The van der Waals surface area contributed by atoms with Crippen molar-refractivity contribution in [3.05, 3.63) is 29.8 Å². The molecule has 21 heavy (non-hydrogen) atoms. The van der Waals surface area contributed by atoms with E-state index in [1.165, 1.54) is 0 Å². The van der Waals surface area contributed by atoms with E-state index in [4.69, 9.17) is 5.11 Å². The Hall–Kier alpha value is -1.92. The summed E-state index contributed by atoms with van der Waals surface area (Å²) in [7, 11) is 0. The lowest BCUT2D eigenvalue weighted by atomic mass is 10.1. The monoisotopic (exact) mass is 291 g/mol. The number of nitrogens with zero attached hydrogens (tertiary/aromatic N) is 1. The van der Waals surface area contributed by atoms with Gasteiger partial charge in [-0.25, -0.2) is 0 Å². The maximum absolute atomic E-state index is 11.9. The summed E-state index contributed by atoms with van der Waals surface area (Å²) in [4.78, 5) is 24.6. The van der Waals surface area contributed by atoms with Gasteiger partial charge in [0.2, 0.25) is 5.91 Å². The minimum absolute atomic E-state index is 0.0183. The van der Waals surface area contributed by atoms with Gasteiger partial charge in [0.15, 0.2) is 0 Å². The van der Waals surface area contributed by atoms with Gasteiger partial charge in [0.05, 0.1) is 6.54 Å².